The van der Waals surface area contributed by atoms with Gasteiger partial charge in [-0.2, -0.15) is 0 Å². The van der Waals surface area contributed by atoms with Gasteiger partial charge in [0, 0.05) is 34.0 Å². The molecule has 1 heterocycles. The molecule has 4 rings (SSSR count). The first-order chi connectivity index (χ1) is 12.7. The molecule has 0 atom stereocenters. The maximum Gasteiger partial charge on any atom is 0.228 e. The fraction of sp³-hybridized carbons (Fsp3) is 0.174. The van der Waals surface area contributed by atoms with E-state index >= 15 is 0 Å². The SMILES string of the molecule is CCn1c2ccccc2c2cc(NC(=O)Cc3ccc(C)cc3)ccc21. The molecule has 4 aromatic rings. The molecule has 130 valence electrons. The normalized spacial score (nSPS) is 11.2. The smallest absolute Gasteiger partial charge is 0.228 e. The van der Waals surface area contributed by atoms with Crippen LogP contribution in [0.5, 0.6) is 0 Å². The molecule has 0 radical (unpaired) electrons. The molecule has 0 saturated carbocycles. The van der Waals surface area contributed by atoms with Gasteiger partial charge in [-0.25, -0.2) is 0 Å². The molecule has 0 spiro atoms. The van der Waals surface area contributed by atoms with E-state index in [0.29, 0.717) is 6.42 Å². The van der Waals surface area contributed by atoms with Gasteiger partial charge in [-0.1, -0.05) is 48.0 Å². The third kappa shape index (κ3) is 2.97. The van der Waals surface area contributed by atoms with E-state index in [1.165, 1.54) is 27.4 Å². The zero-order valence-electron chi connectivity index (χ0n) is 15.1. The molecular weight excluding hydrogens is 320 g/mol. The van der Waals surface area contributed by atoms with Crippen LogP contribution in [-0.2, 0) is 17.8 Å². The number of anilines is 1. The second-order valence-corrected chi connectivity index (χ2v) is 6.70. The highest BCUT2D eigenvalue weighted by molar-refractivity contribution is 6.09. The Kier molecular flexibility index (Phi) is 4.21. The number of nitrogens with one attached hydrogen (secondary N) is 1. The molecule has 3 heteroatoms. The van der Waals surface area contributed by atoms with Gasteiger partial charge in [-0.15, -0.1) is 0 Å². The lowest BCUT2D eigenvalue weighted by molar-refractivity contribution is -0.115. The van der Waals surface area contributed by atoms with E-state index in [9.17, 15) is 4.79 Å². The van der Waals surface area contributed by atoms with Gasteiger partial charge >= 0.3 is 0 Å². The molecule has 1 N–H and O–H groups in total. The Hall–Kier alpha value is -3.07. The van der Waals surface area contributed by atoms with Crippen LogP contribution in [0.3, 0.4) is 0 Å². The van der Waals surface area contributed by atoms with E-state index in [4.69, 9.17) is 0 Å². The van der Waals surface area contributed by atoms with E-state index in [1.807, 2.05) is 37.3 Å². The summed E-state index contributed by atoms with van der Waals surface area (Å²) in [5.74, 6) is 0.00688. The van der Waals surface area contributed by atoms with Crippen LogP contribution in [0.2, 0.25) is 0 Å². The summed E-state index contributed by atoms with van der Waals surface area (Å²) in [4.78, 5) is 12.4. The first-order valence-electron chi connectivity index (χ1n) is 9.02. The van der Waals surface area contributed by atoms with Gasteiger partial charge in [-0.3, -0.25) is 4.79 Å². The second-order valence-electron chi connectivity index (χ2n) is 6.70. The molecule has 0 aliphatic carbocycles. The predicted octanol–water partition coefficient (Wildman–Crippen LogP) is 5.30. The largest absolute Gasteiger partial charge is 0.341 e. The first kappa shape index (κ1) is 16.4. The third-order valence-corrected chi connectivity index (χ3v) is 4.86. The summed E-state index contributed by atoms with van der Waals surface area (Å²) in [6.45, 7) is 5.12. The highest BCUT2D eigenvalue weighted by Crippen LogP contribution is 2.31. The number of aromatic nitrogens is 1. The van der Waals surface area contributed by atoms with Gasteiger partial charge in [0.15, 0.2) is 0 Å². The van der Waals surface area contributed by atoms with E-state index in [2.05, 4.69) is 53.2 Å². The van der Waals surface area contributed by atoms with Crippen LogP contribution < -0.4 is 5.32 Å². The molecule has 0 aliphatic rings. The number of benzene rings is 3. The number of hydrogen-bond donors (Lipinski definition) is 1. The standard InChI is InChI=1S/C23H22N2O/c1-3-25-21-7-5-4-6-19(21)20-15-18(12-13-22(20)25)24-23(26)14-17-10-8-16(2)9-11-17/h4-13,15H,3,14H2,1-2H3,(H,24,26). The second kappa shape index (κ2) is 6.68. The summed E-state index contributed by atoms with van der Waals surface area (Å²) < 4.78 is 2.31. The minimum absolute atomic E-state index is 0.00688. The average molecular weight is 342 g/mol. The van der Waals surface area contributed by atoms with Gasteiger partial charge in [0.05, 0.1) is 6.42 Å². The van der Waals surface area contributed by atoms with Crippen LogP contribution in [0.4, 0.5) is 5.69 Å². The summed E-state index contributed by atoms with van der Waals surface area (Å²) >= 11 is 0. The van der Waals surface area contributed by atoms with Crippen LogP contribution in [0.15, 0.2) is 66.7 Å². The molecule has 0 aliphatic heterocycles. The lowest BCUT2D eigenvalue weighted by Crippen LogP contribution is -2.14. The van der Waals surface area contributed by atoms with E-state index < -0.39 is 0 Å². The molecule has 26 heavy (non-hydrogen) atoms. The number of carbonyl (C=O) groups excluding carboxylic acids is 1. The van der Waals surface area contributed by atoms with Crippen molar-refractivity contribution in [3.8, 4) is 0 Å². The molecule has 0 fully saturated rings. The lowest BCUT2D eigenvalue weighted by Gasteiger charge is -2.07. The number of carbonyl (C=O) groups is 1. The van der Waals surface area contributed by atoms with Crippen molar-refractivity contribution < 1.29 is 4.79 Å². The summed E-state index contributed by atoms with van der Waals surface area (Å²) in [6, 6.07) is 22.7. The van der Waals surface area contributed by atoms with E-state index in [0.717, 1.165) is 17.8 Å². The topological polar surface area (TPSA) is 34.0 Å². The summed E-state index contributed by atoms with van der Waals surface area (Å²) in [7, 11) is 0. The average Bonchev–Trinajstić information content (AvgIpc) is 2.97. The molecule has 1 aromatic heterocycles. The molecular formula is C23H22N2O. The molecule has 0 bridgehead atoms. The van der Waals surface area contributed by atoms with Crippen LogP contribution in [-0.4, -0.2) is 10.5 Å². The Morgan fingerprint density at radius 2 is 1.65 bits per heavy atom. The maximum atomic E-state index is 12.4. The zero-order chi connectivity index (χ0) is 18.1. The first-order valence-corrected chi connectivity index (χ1v) is 9.02. The number of hydrogen-bond acceptors (Lipinski definition) is 1. The molecule has 3 nitrogen and oxygen atoms in total. The summed E-state index contributed by atoms with van der Waals surface area (Å²) in [5, 5.41) is 5.44. The van der Waals surface area contributed by atoms with Crippen LogP contribution in [0.25, 0.3) is 21.8 Å². The van der Waals surface area contributed by atoms with Crippen LogP contribution in [0.1, 0.15) is 18.1 Å². The van der Waals surface area contributed by atoms with Crippen molar-refractivity contribution in [1.82, 2.24) is 4.57 Å². The zero-order valence-corrected chi connectivity index (χ0v) is 15.1. The van der Waals surface area contributed by atoms with Crippen molar-refractivity contribution in [3.05, 3.63) is 77.9 Å². The van der Waals surface area contributed by atoms with Gasteiger partial charge in [-0.05, 0) is 43.7 Å². The van der Waals surface area contributed by atoms with Crippen LogP contribution >= 0.6 is 0 Å². The Bertz CT molecular complexity index is 1090. The molecule has 0 saturated heterocycles. The highest BCUT2D eigenvalue weighted by Gasteiger charge is 2.11. The van der Waals surface area contributed by atoms with Crippen molar-refractivity contribution in [3.63, 3.8) is 0 Å². The number of nitrogens with zero attached hydrogens (tertiary/aromatic N) is 1. The van der Waals surface area contributed by atoms with Gasteiger partial charge in [0.25, 0.3) is 0 Å². The van der Waals surface area contributed by atoms with Crippen molar-refractivity contribution in [2.45, 2.75) is 26.8 Å². The third-order valence-electron chi connectivity index (χ3n) is 4.86. The van der Waals surface area contributed by atoms with Crippen molar-refractivity contribution in [2.75, 3.05) is 5.32 Å². The summed E-state index contributed by atoms with van der Waals surface area (Å²) in [6.07, 6.45) is 0.384. The molecule has 3 aromatic carbocycles. The number of fused-ring (bicyclic) bond motifs is 3. The fourth-order valence-electron chi connectivity index (χ4n) is 3.57. The summed E-state index contributed by atoms with van der Waals surface area (Å²) in [5.41, 5.74) is 5.50. The monoisotopic (exact) mass is 342 g/mol. The van der Waals surface area contributed by atoms with Crippen molar-refractivity contribution >= 4 is 33.4 Å². The number of para-hydroxylation sites is 1. The number of amides is 1. The molecule has 1 amide bonds. The maximum absolute atomic E-state index is 12.4. The Morgan fingerprint density at radius 3 is 2.42 bits per heavy atom. The Balaban J connectivity index is 1.64. The van der Waals surface area contributed by atoms with Crippen molar-refractivity contribution in [1.29, 1.82) is 0 Å². The number of rotatable bonds is 4. The highest BCUT2D eigenvalue weighted by atomic mass is 16.1. The Labute approximate surface area is 153 Å². The predicted molar refractivity (Wildman–Crippen MR) is 109 cm³/mol. The van der Waals surface area contributed by atoms with Gasteiger partial charge < -0.3 is 9.88 Å². The Morgan fingerprint density at radius 1 is 0.923 bits per heavy atom. The number of aryl methyl sites for hydroxylation is 2. The van der Waals surface area contributed by atoms with Crippen molar-refractivity contribution in [2.24, 2.45) is 0 Å². The van der Waals surface area contributed by atoms with E-state index in [1.54, 1.807) is 0 Å². The van der Waals surface area contributed by atoms with E-state index in [-0.39, 0.29) is 5.91 Å². The van der Waals surface area contributed by atoms with Crippen LogP contribution in [0, 0.1) is 6.92 Å². The van der Waals surface area contributed by atoms with Gasteiger partial charge in [0.2, 0.25) is 5.91 Å². The fourth-order valence-corrected chi connectivity index (χ4v) is 3.57. The minimum atomic E-state index is 0.00688. The minimum Gasteiger partial charge on any atom is -0.341 e. The lowest BCUT2D eigenvalue weighted by atomic mass is 10.1. The van der Waals surface area contributed by atoms with Gasteiger partial charge in [0.1, 0.15) is 0 Å². The molecule has 0 unspecified atom stereocenters. The quantitative estimate of drug-likeness (QED) is 0.536.